The first-order chi connectivity index (χ1) is 6.24. The molecule has 1 rings (SSSR count). The fourth-order valence-corrected chi connectivity index (χ4v) is 0.948. The fraction of sp³-hybridized carbons (Fsp3) is 0.500. The van der Waals surface area contributed by atoms with E-state index in [1.165, 1.54) is 0 Å². The highest BCUT2D eigenvalue weighted by Crippen LogP contribution is 1.99. The van der Waals surface area contributed by atoms with Gasteiger partial charge in [0.05, 0.1) is 6.20 Å². The van der Waals surface area contributed by atoms with E-state index in [1.54, 1.807) is 19.3 Å². The minimum atomic E-state index is -0.145. The lowest BCUT2D eigenvalue weighted by molar-refractivity contribution is -0.124. The van der Waals surface area contributed by atoms with Crippen LogP contribution >= 0.6 is 11.6 Å². The summed E-state index contributed by atoms with van der Waals surface area (Å²) in [4.78, 5) is 11.2. The summed E-state index contributed by atoms with van der Waals surface area (Å²) in [5, 5.41) is 9.18. The highest BCUT2D eigenvalue weighted by molar-refractivity contribution is 6.19. The second-order valence-electron chi connectivity index (χ2n) is 2.88. The van der Waals surface area contributed by atoms with Crippen LogP contribution in [0.25, 0.3) is 0 Å². The summed E-state index contributed by atoms with van der Waals surface area (Å²) in [5.41, 5.74) is 0.954. The van der Waals surface area contributed by atoms with Crippen LogP contribution in [0.2, 0.25) is 0 Å². The monoisotopic (exact) mass is 201 g/mol. The standard InChI is InChI=1S/C8H12ClN3O/c1-6(2-9)8(13)10-3-7-4-11-12-5-7/h4-6H,2-3H2,1H3,(H,10,13)(H,11,12). The Hall–Kier alpha value is -1.03. The van der Waals surface area contributed by atoms with Gasteiger partial charge in [0.25, 0.3) is 0 Å². The fourth-order valence-electron chi connectivity index (χ4n) is 0.808. The number of nitrogens with zero attached hydrogens (tertiary/aromatic N) is 1. The predicted molar refractivity (Wildman–Crippen MR) is 50.3 cm³/mol. The molecule has 1 aromatic heterocycles. The van der Waals surface area contributed by atoms with E-state index in [9.17, 15) is 4.79 Å². The molecule has 5 heteroatoms. The Labute approximate surface area is 81.7 Å². The van der Waals surface area contributed by atoms with E-state index in [1.807, 2.05) is 0 Å². The average Bonchev–Trinajstić information content (AvgIpc) is 2.65. The molecular formula is C8H12ClN3O. The van der Waals surface area contributed by atoms with Crippen molar-refractivity contribution in [1.29, 1.82) is 0 Å². The Morgan fingerprint density at radius 3 is 3.15 bits per heavy atom. The number of aromatic amines is 1. The number of nitrogens with one attached hydrogen (secondary N) is 2. The van der Waals surface area contributed by atoms with E-state index in [0.717, 1.165) is 5.56 Å². The number of hydrogen-bond acceptors (Lipinski definition) is 2. The molecule has 0 aliphatic rings. The van der Waals surface area contributed by atoms with Gasteiger partial charge in [0.2, 0.25) is 5.91 Å². The largest absolute Gasteiger partial charge is 0.352 e. The zero-order chi connectivity index (χ0) is 9.68. The van der Waals surface area contributed by atoms with Crippen molar-refractivity contribution < 1.29 is 4.79 Å². The third-order valence-electron chi connectivity index (χ3n) is 1.70. The van der Waals surface area contributed by atoms with Crippen LogP contribution in [0.4, 0.5) is 0 Å². The summed E-state index contributed by atoms with van der Waals surface area (Å²) in [5.74, 6) is 0.168. The van der Waals surface area contributed by atoms with Gasteiger partial charge in [-0.2, -0.15) is 5.10 Å². The second-order valence-corrected chi connectivity index (χ2v) is 3.19. The molecule has 1 atom stereocenters. The van der Waals surface area contributed by atoms with Crippen molar-refractivity contribution in [2.24, 2.45) is 5.92 Å². The first-order valence-corrected chi connectivity index (χ1v) is 4.59. The Bertz CT molecular complexity index is 260. The molecule has 0 bridgehead atoms. The average molecular weight is 202 g/mol. The molecule has 2 N–H and O–H groups in total. The van der Waals surface area contributed by atoms with Crippen molar-refractivity contribution in [3.8, 4) is 0 Å². The van der Waals surface area contributed by atoms with Crippen LogP contribution in [0.15, 0.2) is 12.4 Å². The van der Waals surface area contributed by atoms with Crippen LogP contribution in [-0.4, -0.2) is 22.0 Å². The van der Waals surface area contributed by atoms with Gasteiger partial charge in [-0.1, -0.05) is 6.92 Å². The zero-order valence-electron chi connectivity index (χ0n) is 7.38. The van der Waals surface area contributed by atoms with E-state index < -0.39 is 0 Å². The number of halogens is 1. The smallest absolute Gasteiger partial charge is 0.224 e. The zero-order valence-corrected chi connectivity index (χ0v) is 8.14. The molecule has 0 aliphatic carbocycles. The van der Waals surface area contributed by atoms with Crippen LogP contribution in [0.1, 0.15) is 12.5 Å². The van der Waals surface area contributed by atoms with Gasteiger partial charge in [-0.15, -0.1) is 11.6 Å². The molecule has 1 aromatic rings. The maximum Gasteiger partial charge on any atom is 0.224 e. The molecule has 0 radical (unpaired) electrons. The van der Waals surface area contributed by atoms with Crippen LogP contribution in [0.3, 0.4) is 0 Å². The number of carbonyl (C=O) groups excluding carboxylic acids is 1. The van der Waals surface area contributed by atoms with Crippen molar-refractivity contribution in [2.45, 2.75) is 13.5 Å². The summed E-state index contributed by atoms with van der Waals surface area (Å²) in [6, 6.07) is 0. The van der Waals surface area contributed by atoms with Crippen LogP contribution in [0, 0.1) is 5.92 Å². The lowest BCUT2D eigenvalue weighted by Crippen LogP contribution is -2.29. The molecule has 0 saturated heterocycles. The van der Waals surface area contributed by atoms with E-state index >= 15 is 0 Å². The molecule has 1 amide bonds. The van der Waals surface area contributed by atoms with Crippen molar-refractivity contribution in [3.05, 3.63) is 18.0 Å². The van der Waals surface area contributed by atoms with Gasteiger partial charge in [0, 0.05) is 30.1 Å². The molecule has 1 unspecified atom stereocenters. The van der Waals surface area contributed by atoms with E-state index in [4.69, 9.17) is 11.6 Å². The lowest BCUT2D eigenvalue weighted by Gasteiger charge is -2.07. The summed E-state index contributed by atoms with van der Waals surface area (Å²) >= 11 is 5.53. The Balaban J connectivity index is 2.31. The van der Waals surface area contributed by atoms with Crippen molar-refractivity contribution in [1.82, 2.24) is 15.5 Å². The number of rotatable bonds is 4. The van der Waals surface area contributed by atoms with Crippen LogP contribution in [-0.2, 0) is 11.3 Å². The third kappa shape index (κ3) is 3.06. The lowest BCUT2D eigenvalue weighted by atomic mass is 10.2. The number of aromatic nitrogens is 2. The molecular weight excluding hydrogens is 190 g/mol. The van der Waals surface area contributed by atoms with Crippen molar-refractivity contribution >= 4 is 17.5 Å². The molecule has 0 spiro atoms. The Morgan fingerprint density at radius 1 is 1.85 bits per heavy atom. The maximum absolute atomic E-state index is 11.2. The SMILES string of the molecule is CC(CCl)C(=O)NCc1cn[nH]c1. The first kappa shape index (κ1) is 10.1. The van der Waals surface area contributed by atoms with E-state index in [-0.39, 0.29) is 11.8 Å². The number of carbonyl (C=O) groups is 1. The number of hydrogen-bond donors (Lipinski definition) is 2. The summed E-state index contributed by atoms with van der Waals surface area (Å²) < 4.78 is 0. The highest BCUT2D eigenvalue weighted by Gasteiger charge is 2.10. The Morgan fingerprint density at radius 2 is 2.62 bits per heavy atom. The molecule has 0 aromatic carbocycles. The summed E-state index contributed by atoms with van der Waals surface area (Å²) in [7, 11) is 0. The molecule has 72 valence electrons. The van der Waals surface area contributed by atoms with Gasteiger partial charge in [-0.05, 0) is 0 Å². The quantitative estimate of drug-likeness (QED) is 0.712. The van der Waals surface area contributed by atoms with Gasteiger partial charge in [-0.3, -0.25) is 9.89 Å². The maximum atomic E-state index is 11.2. The summed E-state index contributed by atoms with van der Waals surface area (Å²) in [6.07, 6.45) is 3.41. The minimum Gasteiger partial charge on any atom is -0.352 e. The predicted octanol–water partition coefficient (Wildman–Crippen LogP) is 0.901. The van der Waals surface area contributed by atoms with Gasteiger partial charge in [0.15, 0.2) is 0 Å². The van der Waals surface area contributed by atoms with Crippen molar-refractivity contribution in [2.75, 3.05) is 5.88 Å². The molecule has 4 nitrogen and oxygen atoms in total. The molecule has 0 fully saturated rings. The number of amides is 1. The normalized spacial score (nSPS) is 12.5. The van der Waals surface area contributed by atoms with E-state index in [2.05, 4.69) is 15.5 Å². The molecule has 1 heterocycles. The molecule has 0 aliphatic heterocycles. The van der Waals surface area contributed by atoms with Crippen LogP contribution < -0.4 is 5.32 Å². The van der Waals surface area contributed by atoms with E-state index in [0.29, 0.717) is 12.4 Å². The van der Waals surface area contributed by atoms with Gasteiger partial charge in [-0.25, -0.2) is 0 Å². The minimum absolute atomic E-state index is 0.0313. The topological polar surface area (TPSA) is 57.8 Å². The number of H-pyrrole nitrogens is 1. The highest BCUT2D eigenvalue weighted by atomic mass is 35.5. The van der Waals surface area contributed by atoms with Gasteiger partial charge >= 0.3 is 0 Å². The molecule has 0 saturated carbocycles. The molecule has 13 heavy (non-hydrogen) atoms. The summed E-state index contributed by atoms with van der Waals surface area (Å²) in [6.45, 7) is 2.29. The third-order valence-corrected chi connectivity index (χ3v) is 2.16. The van der Waals surface area contributed by atoms with Crippen molar-refractivity contribution in [3.63, 3.8) is 0 Å². The van der Waals surface area contributed by atoms with Gasteiger partial charge < -0.3 is 5.32 Å². The Kier molecular flexibility index (Phi) is 3.76. The van der Waals surface area contributed by atoms with Crippen LogP contribution in [0.5, 0.6) is 0 Å². The first-order valence-electron chi connectivity index (χ1n) is 4.05. The number of alkyl halides is 1. The second kappa shape index (κ2) is 4.87. The van der Waals surface area contributed by atoms with Gasteiger partial charge in [0.1, 0.15) is 0 Å².